The molecule has 9 heteroatoms. The Morgan fingerprint density at radius 3 is 2.93 bits per heavy atom. The smallest absolute Gasteiger partial charge is 0.292 e. The SMILES string of the molecule is Cc1oc2ccc(OCc3ccnn3C)cc2c1C(=O)NC1COCC1(F)F. The molecule has 1 aromatic carbocycles. The van der Waals surface area contributed by atoms with Gasteiger partial charge in [-0.1, -0.05) is 0 Å². The average Bonchev–Trinajstić information content (AvgIpc) is 3.29. The van der Waals surface area contributed by atoms with E-state index in [0.29, 0.717) is 29.1 Å². The third-order valence-electron chi connectivity index (χ3n) is 4.77. The molecule has 28 heavy (non-hydrogen) atoms. The van der Waals surface area contributed by atoms with Crippen LogP contribution in [0.3, 0.4) is 0 Å². The zero-order valence-corrected chi connectivity index (χ0v) is 15.4. The Morgan fingerprint density at radius 1 is 1.43 bits per heavy atom. The molecule has 2 aromatic heterocycles. The average molecular weight is 391 g/mol. The number of hydrogen-bond acceptors (Lipinski definition) is 5. The molecule has 148 valence electrons. The summed E-state index contributed by atoms with van der Waals surface area (Å²) in [7, 11) is 1.81. The fraction of sp³-hybridized carbons (Fsp3) is 0.368. The molecule has 1 saturated heterocycles. The van der Waals surface area contributed by atoms with Crippen LogP contribution in [0.1, 0.15) is 21.8 Å². The van der Waals surface area contributed by atoms with Gasteiger partial charge in [-0.25, -0.2) is 8.78 Å². The van der Waals surface area contributed by atoms with Gasteiger partial charge in [-0.15, -0.1) is 0 Å². The van der Waals surface area contributed by atoms with E-state index in [1.54, 1.807) is 36.0 Å². The molecular formula is C19H19F2N3O4. The van der Waals surface area contributed by atoms with Crippen LogP contribution in [0.25, 0.3) is 11.0 Å². The van der Waals surface area contributed by atoms with Gasteiger partial charge in [0.05, 0.1) is 17.9 Å². The predicted octanol–water partition coefficient (Wildman–Crippen LogP) is 2.82. The summed E-state index contributed by atoms with van der Waals surface area (Å²) in [5, 5.41) is 6.94. The van der Waals surface area contributed by atoms with E-state index >= 15 is 0 Å². The molecule has 1 fully saturated rings. The Balaban J connectivity index is 1.58. The van der Waals surface area contributed by atoms with Crippen LogP contribution in [-0.4, -0.2) is 40.9 Å². The van der Waals surface area contributed by atoms with Crippen LogP contribution in [0.4, 0.5) is 8.78 Å². The minimum atomic E-state index is -3.10. The number of ether oxygens (including phenoxy) is 2. The van der Waals surface area contributed by atoms with Crippen molar-refractivity contribution in [2.75, 3.05) is 13.2 Å². The van der Waals surface area contributed by atoms with Crippen molar-refractivity contribution in [3.63, 3.8) is 0 Å². The van der Waals surface area contributed by atoms with Crippen LogP contribution < -0.4 is 10.1 Å². The lowest BCUT2D eigenvalue weighted by atomic mass is 10.1. The lowest BCUT2D eigenvalue weighted by Gasteiger charge is -2.18. The second kappa shape index (κ2) is 6.90. The van der Waals surface area contributed by atoms with Gasteiger partial charge in [0.15, 0.2) is 0 Å². The minimum Gasteiger partial charge on any atom is -0.487 e. The molecule has 1 aliphatic heterocycles. The summed E-state index contributed by atoms with van der Waals surface area (Å²) < 4.78 is 45.4. The second-order valence-electron chi connectivity index (χ2n) is 6.73. The normalized spacial score (nSPS) is 18.5. The minimum absolute atomic E-state index is 0.212. The third kappa shape index (κ3) is 3.33. The number of alkyl halides is 2. The van der Waals surface area contributed by atoms with Gasteiger partial charge in [0.25, 0.3) is 11.8 Å². The molecule has 3 aromatic rings. The number of hydrogen-bond donors (Lipinski definition) is 1. The molecule has 1 amide bonds. The molecule has 1 aliphatic rings. The van der Waals surface area contributed by atoms with Gasteiger partial charge in [0.2, 0.25) is 0 Å². The molecule has 1 unspecified atom stereocenters. The standard InChI is InChI=1S/C19H19F2N3O4/c1-11-17(18(25)23-16-9-26-10-19(16,20)21)14-7-13(3-4-15(14)28-11)27-8-12-5-6-22-24(12)2/h3-7,16H,8-10H2,1-2H3,(H,23,25). The van der Waals surface area contributed by atoms with Crippen molar-refractivity contribution < 1.29 is 27.5 Å². The molecule has 0 spiro atoms. The number of rotatable bonds is 5. The Labute approximate surface area is 159 Å². The molecule has 7 nitrogen and oxygen atoms in total. The Morgan fingerprint density at radius 2 is 2.25 bits per heavy atom. The van der Waals surface area contributed by atoms with E-state index < -0.39 is 24.5 Å². The van der Waals surface area contributed by atoms with Gasteiger partial charge in [-0.3, -0.25) is 9.48 Å². The summed E-state index contributed by atoms with van der Waals surface area (Å²) in [5.41, 5.74) is 1.57. The molecular weight excluding hydrogens is 372 g/mol. The molecule has 0 bridgehead atoms. The van der Waals surface area contributed by atoms with Crippen molar-refractivity contribution in [2.24, 2.45) is 7.05 Å². The first-order valence-electron chi connectivity index (χ1n) is 8.74. The van der Waals surface area contributed by atoms with Crippen molar-refractivity contribution in [2.45, 2.75) is 25.5 Å². The highest BCUT2D eigenvalue weighted by atomic mass is 19.3. The quantitative estimate of drug-likeness (QED) is 0.724. The number of amides is 1. The highest BCUT2D eigenvalue weighted by Gasteiger charge is 2.46. The Bertz CT molecular complexity index is 1030. The van der Waals surface area contributed by atoms with E-state index in [0.717, 1.165) is 5.69 Å². The molecule has 3 heterocycles. The largest absolute Gasteiger partial charge is 0.487 e. The van der Waals surface area contributed by atoms with Crippen molar-refractivity contribution in [3.8, 4) is 5.75 Å². The van der Waals surface area contributed by atoms with E-state index in [-0.39, 0.29) is 12.2 Å². The van der Waals surface area contributed by atoms with Crippen molar-refractivity contribution >= 4 is 16.9 Å². The first-order chi connectivity index (χ1) is 13.3. The number of carbonyl (C=O) groups is 1. The van der Waals surface area contributed by atoms with Crippen LogP contribution in [0.5, 0.6) is 5.75 Å². The first-order valence-corrected chi connectivity index (χ1v) is 8.74. The monoisotopic (exact) mass is 391 g/mol. The third-order valence-corrected chi connectivity index (χ3v) is 4.77. The molecule has 1 N–H and O–H groups in total. The van der Waals surface area contributed by atoms with E-state index in [1.807, 2.05) is 13.1 Å². The number of halogens is 2. The first kappa shape index (κ1) is 18.4. The number of nitrogens with one attached hydrogen (secondary N) is 1. The number of carbonyl (C=O) groups excluding carboxylic acids is 1. The molecule has 0 saturated carbocycles. The van der Waals surface area contributed by atoms with Crippen LogP contribution in [0, 0.1) is 6.92 Å². The summed E-state index contributed by atoms with van der Waals surface area (Å²) in [6, 6.07) is 5.55. The van der Waals surface area contributed by atoms with Gasteiger partial charge >= 0.3 is 0 Å². The zero-order valence-electron chi connectivity index (χ0n) is 15.4. The number of nitrogens with zero attached hydrogens (tertiary/aromatic N) is 2. The van der Waals surface area contributed by atoms with Gasteiger partial charge < -0.3 is 19.2 Å². The Kier molecular flexibility index (Phi) is 4.54. The number of aryl methyl sites for hydroxylation is 2. The van der Waals surface area contributed by atoms with Crippen molar-refractivity contribution in [1.82, 2.24) is 15.1 Å². The number of aromatic nitrogens is 2. The van der Waals surface area contributed by atoms with Gasteiger partial charge in [0, 0.05) is 18.6 Å². The van der Waals surface area contributed by atoms with Gasteiger partial charge in [-0.05, 0) is 31.2 Å². The lowest BCUT2D eigenvalue weighted by molar-refractivity contribution is -0.0227. The van der Waals surface area contributed by atoms with Gasteiger partial charge in [0.1, 0.15) is 36.3 Å². The summed E-state index contributed by atoms with van der Waals surface area (Å²) in [4.78, 5) is 12.7. The number of fused-ring (bicyclic) bond motifs is 1. The van der Waals surface area contributed by atoms with E-state index in [2.05, 4.69) is 10.4 Å². The highest BCUT2D eigenvalue weighted by Crippen LogP contribution is 2.31. The predicted molar refractivity (Wildman–Crippen MR) is 95.5 cm³/mol. The van der Waals surface area contributed by atoms with Gasteiger partial charge in [-0.2, -0.15) is 5.10 Å². The maximum Gasteiger partial charge on any atom is 0.292 e. The summed E-state index contributed by atoms with van der Waals surface area (Å²) in [6.45, 7) is 0.988. The fourth-order valence-electron chi connectivity index (χ4n) is 3.18. The number of benzene rings is 1. The van der Waals surface area contributed by atoms with Crippen LogP contribution in [0.2, 0.25) is 0 Å². The maximum absolute atomic E-state index is 13.8. The molecule has 0 aliphatic carbocycles. The van der Waals surface area contributed by atoms with Crippen molar-refractivity contribution in [3.05, 3.63) is 47.5 Å². The number of furan rings is 1. The molecule has 4 rings (SSSR count). The fourth-order valence-corrected chi connectivity index (χ4v) is 3.18. The van der Waals surface area contributed by atoms with Crippen LogP contribution in [0.15, 0.2) is 34.9 Å². The van der Waals surface area contributed by atoms with E-state index in [9.17, 15) is 13.6 Å². The highest BCUT2D eigenvalue weighted by molar-refractivity contribution is 6.07. The van der Waals surface area contributed by atoms with E-state index in [1.165, 1.54) is 0 Å². The Hall–Kier alpha value is -2.94. The second-order valence-corrected chi connectivity index (χ2v) is 6.73. The maximum atomic E-state index is 13.8. The van der Waals surface area contributed by atoms with Crippen LogP contribution in [-0.2, 0) is 18.4 Å². The molecule has 1 atom stereocenters. The zero-order chi connectivity index (χ0) is 19.9. The summed E-state index contributed by atoms with van der Waals surface area (Å²) in [6.07, 6.45) is 1.67. The van der Waals surface area contributed by atoms with Crippen LogP contribution >= 0.6 is 0 Å². The van der Waals surface area contributed by atoms with Crippen molar-refractivity contribution in [1.29, 1.82) is 0 Å². The lowest BCUT2D eigenvalue weighted by Crippen LogP contribution is -2.46. The topological polar surface area (TPSA) is 78.5 Å². The summed E-state index contributed by atoms with van der Waals surface area (Å²) >= 11 is 0. The summed E-state index contributed by atoms with van der Waals surface area (Å²) in [5.74, 6) is -2.85. The van der Waals surface area contributed by atoms with E-state index in [4.69, 9.17) is 13.9 Å². The molecule has 0 radical (unpaired) electrons.